The van der Waals surface area contributed by atoms with Crippen LogP contribution in [-0.2, 0) is 0 Å². The smallest absolute Gasteiger partial charge is 0.162 e. The maximum Gasteiger partial charge on any atom is 0.162 e. The molecule has 0 radical (unpaired) electrons. The lowest BCUT2D eigenvalue weighted by molar-refractivity contribution is 0.405. The molecule has 0 saturated heterocycles. The van der Waals surface area contributed by atoms with Gasteiger partial charge in [0.25, 0.3) is 0 Å². The minimum absolute atomic E-state index is 0.736. The maximum absolute atomic E-state index is 4.88. The third kappa shape index (κ3) is 4.01. The third-order valence-corrected chi connectivity index (χ3v) is 5.40. The van der Waals surface area contributed by atoms with E-state index < -0.39 is 0 Å². The first kappa shape index (κ1) is 18.8. The van der Waals surface area contributed by atoms with Gasteiger partial charge in [0, 0.05) is 22.0 Å². The zero-order valence-electron chi connectivity index (χ0n) is 16.1. The molecular weight excluding hydrogens is 412 g/mol. The molecule has 1 aromatic heterocycles. The number of fused-ring (bicyclic) bond motifs is 2. The molecule has 0 amide bonds. The number of anilines is 1. The second-order valence-corrected chi connectivity index (χ2v) is 8.03. The number of aromatic nitrogens is 2. The van der Waals surface area contributed by atoms with Crippen molar-refractivity contribution in [1.82, 2.24) is 14.9 Å². The molecular formula is C23H23BrN4. The van der Waals surface area contributed by atoms with Gasteiger partial charge in [0.2, 0.25) is 0 Å². The van der Waals surface area contributed by atoms with Gasteiger partial charge in [0.1, 0.15) is 5.82 Å². The van der Waals surface area contributed by atoms with Crippen molar-refractivity contribution in [3.63, 3.8) is 0 Å². The van der Waals surface area contributed by atoms with Gasteiger partial charge in [-0.3, -0.25) is 0 Å². The van der Waals surface area contributed by atoms with E-state index in [0.717, 1.165) is 52.1 Å². The summed E-state index contributed by atoms with van der Waals surface area (Å²) < 4.78 is 0.978. The minimum atomic E-state index is 0.736. The normalized spacial score (nSPS) is 11.4. The van der Waals surface area contributed by atoms with Crippen molar-refractivity contribution in [3.8, 4) is 11.4 Å². The largest absolute Gasteiger partial charge is 0.369 e. The van der Waals surface area contributed by atoms with E-state index in [1.54, 1.807) is 0 Å². The fourth-order valence-electron chi connectivity index (χ4n) is 3.31. The monoisotopic (exact) mass is 434 g/mol. The number of rotatable bonds is 6. The average Bonchev–Trinajstić information content (AvgIpc) is 2.71. The van der Waals surface area contributed by atoms with Crippen molar-refractivity contribution in [2.24, 2.45) is 0 Å². The Kier molecular flexibility index (Phi) is 5.55. The van der Waals surface area contributed by atoms with E-state index >= 15 is 0 Å². The standard InChI is InChI=1S/C23H23BrN4/c1-28(2)14-6-13-25-23-19-9-5-10-20(24)21(19)26-22(27-23)18-12-11-16-7-3-4-8-17(16)15-18/h3-5,7-12,15H,6,13-14H2,1-2H3,(H,25,26,27). The minimum Gasteiger partial charge on any atom is -0.369 e. The Morgan fingerprint density at radius 3 is 2.57 bits per heavy atom. The van der Waals surface area contributed by atoms with Crippen LogP contribution >= 0.6 is 15.9 Å². The van der Waals surface area contributed by atoms with Crippen molar-refractivity contribution in [2.45, 2.75) is 6.42 Å². The summed E-state index contributed by atoms with van der Waals surface area (Å²) >= 11 is 3.65. The number of hydrogen-bond acceptors (Lipinski definition) is 4. The molecule has 0 aliphatic carbocycles. The summed E-state index contributed by atoms with van der Waals surface area (Å²) in [5.74, 6) is 1.62. The van der Waals surface area contributed by atoms with Gasteiger partial charge < -0.3 is 10.2 Å². The molecule has 28 heavy (non-hydrogen) atoms. The molecule has 0 bridgehead atoms. The third-order valence-electron chi connectivity index (χ3n) is 4.76. The summed E-state index contributed by atoms with van der Waals surface area (Å²) in [6.07, 6.45) is 1.05. The lowest BCUT2D eigenvalue weighted by Crippen LogP contribution is -2.17. The van der Waals surface area contributed by atoms with E-state index in [-0.39, 0.29) is 0 Å². The lowest BCUT2D eigenvalue weighted by atomic mass is 10.1. The van der Waals surface area contributed by atoms with Gasteiger partial charge in [0.05, 0.1) is 5.52 Å². The summed E-state index contributed by atoms with van der Waals surface area (Å²) in [4.78, 5) is 11.9. The summed E-state index contributed by atoms with van der Waals surface area (Å²) in [6.45, 7) is 1.91. The topological polar surface area (TPSA) is 41.0 Å². The van der Waals surface area contributed by atoms with Gasteiger partial charge in [-0.15, -0.1) is 0 Å². The SMILES string of the molecule is CN(C)CCCNc1nc(-c2ccc3ccccc3c2)nc2c(Br)cccc12. The van der Waals surface area contributed by atoms with Crippen LogP contribution in [-0.4, -0.2) is 42.1 Å². The van der Waals surface area contributed by atoms with Gasteiger partial charge >= 0.3 is 0 Å². The van der Waals surface area contributed by atoms with Crippen molar-refractivity contribution in [2.75, 3.05) is 32.5 Å². The molecule has 0 atom stereocenters. The Morgan fingerprint density at radius 1 is 0.929 bits per heavy atom. The Hall–Kier alpha value is -2.50. The van der Waals surface area contributed by atoms with Crippen molar-refractivity contribution >= 4 is 43.4 Å². The van der Waals surface area contributed by atoms with E-state index in [0.29, 0.717) is 0 Å². The molecule has 0 aliphatic rings. The number of halogens is 1. The zero-order valence-corrected chi connectivity index (χ0v) is 17.7. The number of benzene rings is 3. The summed E-state index contributed by atoms with van der Waals surface area (Å²) in [7, 11) is 4.18. The highest BCUT2D eigenvalue weighted by Crippen LogP contribution is 2.30. The van der Waals surface area contributed by atoms with Gasteiger partial charge in [0.15, 0.2) is 5.82 Å². The second-order valence-electron chi connectivity index (χ2n) is 7.18. The second kappa shape index (κ2) is 8.25. The fourth-order valence-corrected chi connectivity index (χ4v) is 3.77. The van der Waals surface area contributed by atoms with Gasteiger partial charge in [-0.2, -0.15) is 0 Å². The highest BCUT2D eigenvalue weighted by Gasteiger charge is 2.12. The van der Waals surface area contributed by atoms with Crippen molar-refractivity contribution in [3.05, 3.63) is 65.1 Å². The average molecular weight is 435 g/mol. The molecule has 4 aromatic rings. The van der Waals surface area contributed by atoms with E-state index in [1.165, 1.54) is 10.8 Å². The highest BCUT2D eigenvalue weighted by atomic mass is 79.9. The first-order chi connectivity index (χ1) is 13.6. The van der Waals surface area contributed by atoms with Crippen LogP contribution in [0.2, 0.25) is 0 Å². The first-order valence-corrected chi connectivity index (χ1v) is 10.3. The molecule has 4 nitrogen and oxygen atoms in total. The molecule has 5 heteroatoms. The quantitative estimate of drug-likeness (QED) is 0.402. The van der Waals surface area contributed by atoms with Crippen LogP contribution < -0.4 is 5.32 Å². The van der Waals surface area contributed by atoms with Crippen LogP contribution in [0.4, 0.5) is 5.82 Å². The number of para-hydroxylation sites is 1. The van der Waals surface area contributed by atoms with Crippen LogP contribution in [0.1, 0.15) is 6.42 Å². The van der Waals surface area contributed by atoms with Crippen LogP contribution in [0, 0.1) is 0 Å². The van der Waals surface area contributed by atoms with E-state index in [1.807, 2.05) is 12.1 Å². The molecule has 4 rings (SSSR count). The predicted octanol–water partition coefficient (Wildman–Crippen LogP) is 5.58. The van der Waals surface area contributed by atoms with Crippen LogP contribution in [0.15, 0.2) is 65.1 Å². The molecule has 0 aliphatic heterocycles. The molecule has 0 saturated carbocycles. The van der Waals surface area contributed by atoms with E-state index in [2.05, 4.69) is 88.8 Å². The molecule has 1 N–H and O–H groups in total. The molecule has 0 unspecified atom stereocenters. The number of hydrogen-bond donors (Lipinski definition) is 1. The fraction of sp³-hybridized carbons (Fsp3) is 0.217. The molecule has 0 spiro atoms. The Morgan fingerprint density at radius 2 is 1.75 bits per heavy atom. The number of nitrogens with one attached hydrogen (secondary N) is 1. The van der Waals surface area contributed by atoms with Gasteiger partial charge in [-0.05, 0) is 72.0 Å². The predicted molar refractivity (Wildman–Crippen MR) is 122 cm³/mol. The molecule has 142 valence electrons. The first-order valence-electron chi connectivity index (χ1n) is 9.46. The Labute approximate surface area is 173 Å². The van der Waals surface area contributed by atoms with Gasteiger partial charge in [-0.1, -0.05) is 42.5 Å². The Bertz CT molecular complexity index is 1120. The summed E-state index contributed by atoms with van der Waals surface area (Å²) in [5, 5.41) is 6.96. The van der Waals surface area contributed by atoms with E-state index in [4.69, 9.17) is 9.97 Å². The highest BCUT2D eigenvalue weighted by molar-refractivity contribution is 9.10. The van der Waals surface area contributed by atoms with Crippen molar-refractivity contribution < 1.29 is 0 Å². The zero-order chi connectivity index (χ0) is 19.5. The Balaban J connectivity index is 1.76. The summed E-state index contributed by atoms with van der Waals surface area (Å²) in [5.41, 5.74) is 1.95. The number of nitrogens with zero attached hydrogens (tertiary/aromatic N) is 3. The van der Waals surface area contributed by atoms with Crippen LogP contribution in [0.5, 0.6) is 0 Å². The molecule has 1 heterocycles. The van der Waals surface area contributed by atoms with Crippen molar-refractivity contribution in [1.29, 1.82) is 0 Å². The molecule has 3 aromatic carbocycles. The molecule has 0 fully saturated rings. The van der Waals surface area contributed by atoms with Gasteiger partial charge in [-0.25, -0.2) is 9.97 Å². The van der Waals surface area contributed by atoms with E-state index in [9.17, 15) is 0 Å². The van der Waals surface area contributed by atoms with Crippen LogP contribution in [0.25, 0.3) is 33.1 Å². The lowest BCUT2D eigenvalue weighted by Gasteiger charge is -2.13. The maximum atomic E-state index is 4.88. The van der Waals surface area contributed by atoms with Crippen LogP contribution in [0.3, 0.4) is 0 Å². The summed E-state index contributed by atoms with van der Waals surface area (Å²) in [6, 6.07) is 20.8.